The van der Waals surface area contributed by atoms with E-state index in [1.807, 2.05) is 20.8 Å². The molecule has 0 saturated carbocycles. The van der Waals surface area contributed by atoms with Gasteiger partial charge in [0.15, 0.2) is 0 Å². The maximum Gasteiger partial charge on any atom is 0.274 e. The fourth-order valence-electron chi connectivity index (χ4n) is 1.89. The van der Waals surface area contributed by atoms with Crippen molar-refractivity contribution in [3.63, 3.8) is 0 Å². The lowest BCUT2D eigenvalue weighted by molar-refractivity contribution is 0.102. The van der Waals surface area contributed by atoms with Crippen LogP contribution >= 0.6 is 11.6 Å². The van der Waals surface area contributed by atoms with Crippen LogP contribution in [-0.4, -0.2) is 21.4 Å². The number of halogens is 1. The molecule has 0 radical (unpaired) electrons. The van der Waals surface area contributed by atoms with E-state index in [9.17, 15) is 4.79 Å². The molecular weight excluding hydrogens is 300 g/mol. The van der Waals surface area contributed by atoms with Crippen molar-refractivity contribution >= 4 is 29.0 Å². The van der Waals surface area contributed by atoms with E-state index in [1.54, 1.807) is 37.3 Å². The second-order valence-electron chi connectivity index (χ2n) is 6.03. The molecule has 0 bridgehead atoms. The number of anilines is 2. The molecule has 0 aliphatic rings. The van der Waals surface area contributed by atoms with E-state index in [2.05, 4.69) is 20.6 Å². The Morgan fingerprint density at radius 3 is 2.55 bits per heavy atom. The molecule has 0 atom stereocenters. The Balaban J connectivity index is 2.22. The second-order valence-corrected chi connectivity index (χ2v) is 6.46. The topological polar surface area (TPSA) is 66.9 Å². The molecule has 2 rings (SSSR count). The van der Waals surface area contributed by atoms with Gasteiger partial charge in [0.1, 0.15) is 17.3 Å². The van der Waals surface area contributed by atoms with Gasteiger partial charge in [-0.3, -0.25) is 4.79 Å². The molecule has 1 aromatic heterocycles. The number of aromatic nitrogens is 2. The lowest BCUT2D eigenvalue weighted by Gasteiger charge is -2.21. The standard InChI is InChI=1S/C16H19ClN4O/c1-10-18-13(9-14(19-10)21-16(2,3)4)15(22)20-12-7-5-6-11(17)8-12/h5-9H,1-4H3,(H,20,22)(H,18,19,21). The summed E-state index contributed by atoms with van der Waals surface area (Å²) in [6.45, 7) is 7.83. The van der Waals surface area contributed by atoms with Crippen LogP contribution in [0.5, 0.6) is 0 Å². The van der Waals surface area contributed by atoms with Crippen LogP contribution in [0, 0.1) is 6.92 Å². The maximum absolute atomic E-state index is 12.3. The largest absolute Gasteiger partial charge is 0.365 e. The van der Waals surface area contributed by atoms with Gasteiger partial charge >= 0.3 is 0 Å². The third kappa shape index (κ3) is 4.70. The Hall–Kier alpha value is -2.14. The minimum absolute atomic E-state index is 0.151. The Morgan fingerprint density at radius 2 is 1.91 bits per heavy atom. The monoisotopic (exact) mass is 318 g/mol. The van der Waals surface area contributed by atoms with Crippen LogP contribution in [0.1, 0.15) is 37.1 Å². The van der Waals surface area contributed by atoms with Gasteiger partial charge in [0.05, 0.1) is 0 Å². The molecule has 1 heterocycles. The average molecular weight is 319 g/mol. The first-order valence-corrected chi connectivity index (χ1v) is 7.31. The zero-order valence-corrected chi connectivity index (χ0v) is 13.8. The molecule has 116 valence electrons. The fraction of sp³-hybridized carbons (Fsp3) is 0.312. The van der Waals surface area contributed by atoms with Gasteiger partial charge < -0.3 is 10.6 Å². The number of nitrogens with zero attached hydrogens (tertiary/aromatic N) is 2. The molecule has 1 aromatic carbocycles. The first kappa shape index (κ1) is 16.2. The highest BCUT2D eigenvalue weighted by molar-refractivity contribution is 6.30. The van der Waals surface area contributed by atoms with Crippen LogP contribution in [0.4, 0.5) is 11.5 Å². The molecular formula is C16H19ClN4O. The normalized spacial score (nSPS) is 11.1. The smallest absolute Gasteiger partial charge is 0.274 e. The predicted molar refractivity (Wildman–Crippen MR) is 89.5 cm³/mol. The molecule has 0 saturated heterocycles. The molecule has 1 amide bonds. The highest BCUT2D eigenvalue weighted by Gasteiger charge is 2.15. The van der Waals surface area contributed by atoms with Crippen LogP contribution in [0.2, 0.25) is 5.02 Å². The molecule has 0 unspecified atom stereocenters. The number of amides is 1. The van der Waals surface area contributed by atoms with Gasteiger partial charge in [0, 0.05) is 22.3 Å². The van der Waals surface area contributed by atoms with Crippen molar-refractivity contribution in [2.75, 3.05) is 10.6 Å². The number of aryl methyl sites for hydroxylation is 1. The first-order valence-electron chi connectivity index (χ1n) is 6.94. The summed E-state index contributed by atoms with van der Waals surface area (Å²) < 4.78 is 0. The molecule has 6 heteroatoms. The lowest BCUT2D eigenvalue weighted by atomic mass is 10.1. The number of benzene rings is 1. The third-order valence-corrected chi connectivity index (χ3v) is 2.89. The SMILES string of the molecule is Cc1nc(NC(C)(C)C)cc(C(=O)Nc2cccc(Cl)c2)n1. The molecule has 5 nitrogen and oxygen atoms in total. The minimum Gasteiger partial charge on any atom is -0.365 e. The van der Waals surface area contributed by atoms with E-state index in [1.165, 1.54) is 0 Å². The zero-order valence-electron chi connectivity index (χ0n) is 13.1. The van der Waals surface area contributed by atoms with E-state index >= 15 is 0 Å². The lowest BCUT2D eigenvalue weighted by Crippen LogP contribution is -2.27. The van der Waals surface area contributed by atoms with Crippen molar-refractivity contribution in [3.8, 4) is 0 Å². The first-order chi connectivity index (χ1) is 10.2. The summed E-state index contributed by atoms with van der Waals surface area (Å²) >= 11 is 5.91. The van der Waals surface area contributed by atoms with Gasteiger partial charge in [-0.2, -0.15) is 0 Å². The quantitative estimate of drug-likeness (QED) is 0.900. The Labute approximate surface area is 135 Å². The number of carbonyl (C=O) groups excluding carboxylic acids is 1. The molecule has 0 aliphatic carbocycles. The van der Waals surface area contributed by atoms with Gasteiger partial charge in [0.2, 0.25) is 0 Å². The van der Waals surface area contributed by atoms with Gasteiger partial charge in [0.25, 0.3) is 5.91 Å². The molecule has 2 N–H and O–H groups in total. The maximum atomic E-state index is 12.3. The predicted octanol–water partition coefficient (Wildman–Crippen LogP) is 3.90. The average Bonchev–Trinajstić information content (AvgIpc) is 2.35. The Bertz CT molecular complexity index is 695. The summed E-state index contributed by atoms with van der Waals surface area (Å²) in [5.41, 5.74) is 0.778. The highest BCUT2D eigenvalue weighted by atomic mass is 35.5. The van der Waals surface area contributed by atoms with Crippen molar-refractivity contribution in [2.45, 2.75) is 33.2 Å². The number of carbonyl (C=O) groups is 1. The fourth-order valence-corrected chi connectivity index (χ4v) is 2.08. The summed E-state index contributed by atoms with van der Waals surface area (Å²) in [6, 6.07) is 8.61. The summed E-state index contributed by atoms with van der Waals surface area (Å²) in [6.07, 6.45) is 0. The number of hydrogen-bond donors (Lipinski definition) is 2. The van der Waals surface area contributed by atoms with E-state index in [4.69, 9.17) is 11.6 Å². The van der Waals surface area contributed by atoms with Crippen LogP contribution in [0.3, 0.4) is 0 Å². The molecule has 0 aliphatic heterocycles. The number of rotatable bonds is 3. The van der Waals surface area contributed by atoms with Crippen LogP contribution in [0.15, 0.2) is 30.3 Å². The van der Waals surface area contributed by atoms with Crippen LogP contribution in [0.25, 0.3) is 0 Å². The van der Waals surface area contributed by atoms with Gasteiger partial charge in [-0.1, -0.05) is 17.7 Å². The van der Waals surface area contributed by atoms with Gasteiger partial charge in [-0.05, 0) is 45.9 Å². The minimum atomic E-state index is -0.301. The van der Waals surface area contributed by atoms with Crippen molar-refractivity contribution < 1.29 is 4.79 Å². The van der Waals surface area contributed by atoms with Crippen LogP contribution < -0.4 is 10.6 Å². The van der Waals surface area contributed by atoms with Crippen LogP contribution in [-0.2, 0) is 0 Å². The summed E-state index contributed by atoms with van der Waals surface area (Å²) in [5, 5.41) is 6.57. The molecule has 22 heavy (non-hydrogen) atoms. The van der Waals surface area contributed by atoms with E-state index in [-0.39, 0.29) is 11.4 Å². The highest BCUT2D eigenvalue weighted by Crippen LogP contribution is 2.17. The Kier molecular flexibility index (Phi) is 4.66. The second kappa shape index (κ2) is 6.32. The summed E-state index contributed by atoms with van der Waals surface area (Å²) in [7, 11) is 0. The zero-order chi connectivity index (χ0) is 16.3. The van der Waals surface area contributed by atoms with E-state index in [0.29, 0.717) is 28.0 Å². The summed E-state index contributed by atoms with van der Waals surface area (Å²) in [5.74, 6) is 0.853. The number of nitrogens with one attached hydrogen (secondary N) is 2. The third-order valence-electron chi connectivity index (χ3n) is 2.66. The van der Waals surface area contributed by atoms with Crippen molar-refractivity contribution in [3.05, 3.63) is 46.9 Å². The van der Waals surface area contributed by atoms with Crippen molar-refractivity contribution in [1.29, 1.82) is 0 Å². The summed E-state index contributed by atoms with van der Waals surface area (Å²) in [4.78, 5) is 20.8. The number of hydrogen-bond acceptors (Lipinski definition) is 4. The Morgan fingerprint density at radius 1 is 1.18 bits per heavy atom. The van der Waals surface area contributed by atoms with E-state index in [0.717, 1.165) is 0 Å². The van der Waals surface area contributed by atoms with E-state index < -0.39 is 0 Å². The van der Waals surface area contributed by atoms with Crippen molar-refractivity contribution in [2.24, 2.45) is 0 Å². The van der Waals surface area contributed by atoms with Gasteiger partial charge in [-0.25, -0.2) is 9.97 Å². The molecule has 0 fully saturated rings. The molecule has 2 aromatic rings. The molecule has 0 spiro atoms. The van der Waals surface area contributed by atoms with Crippen molar-refractivity contribution in [1.82, 2.24) is 9.97 Å². The van der Waals surface area contributed by atoms with Gasteiger partial charge in [-0.15, -0.1) is 0 Å².